The zero-order valence-electron chi connectivity index (χ0n) is 15.4. The Labute approximate surface area is 149 Å². The third kappa shape index (κ3) is 4.32. The first kappa shape index (κ1) is 17.8. The first-order valence-electron chi connectivity index (χ1n) is 8.97. The second-order valence-electron chi connectivity index (χ2n) is 6.45. The van der Waals surface area contributed by atoms with Crippen molar-refractivity contribution in [3.63, 3.8) is 0 Å². The molecule has 1 unspecified atom stereocenters. The van der Waals surface area contributed by atoms with Crippen molar-refractivity contribution in [1.29, 1.82) is 0 Å². The number of piperazine rings is 1. The average molecular weight is 341 g/mol. The Kier molecular flexibility index (Phi) is 5.94. The summed E-state index contributed by atoms with van der Waals surface area (Å²) in [6, 6.07) is 6.53. The summed E-state index contributed by atoms with van der Waals surface area (Å²) in [7, 11) is 1.76. The molecule has 3 heterocycles. The number of nitrogens with zero attached hydrogens (tertiary/aromatic N) is 5. The molecule has 25 heavy (non-hydrogen) atoms. The second kappa shape index (κ2) is 8.36. The molecule has 1 aliphatic rings. The highest BCUT2D eigenvalue weighted by Gasteiger charge is 2.24. The van der Waals surface area contributed by atoms with Crippen molar-refractivity contribution in [2.45, 2.75) is 26.3 Å². The lowest BCUT2D eigenvalue weighted by Crippen LogP contribution is -2.53. The third-order valence-corrected chi connectivity index (χ3v) is 4.74. The van der Waals surface area contributed by atoms with Crippen molar-refractivity contribution >= 4 is 5.82 Å². The second-order valence-corrected chi connectivity index (χ2v) is 6.45. The zero-order chi connectivity index (χ0) is 17.6. The summed E-state index contributed by atoms with van der Waals surface area (Å²) in [5.41, 5.74) is 2.09. The molecule has 3 rings (SSSR count). The van der Waals surface area contributed by atoms with Crippen LogP contribution in [0, 0.1) is 0 Å². The van der Waals surface area contributed by atoms with Crippen molar-refractivity contribution in [1.82, 2.24) is 19.9 Å². The van der Waals surface area contributed by atoms with Gasteiger partial charge in [-0.1, -0.05) is 6.92 Å². The quantitative estimate of drug-likeness (QED) is 0.803. The molecule has 0 saturated carbocycles. The van der Waals surface area contributed by atoms with Crippen LogP contribution in [0.2, 0.25) is 0 Å². The van der Waals surface area contributed by atoms with Gasteiger partial charge in [-0.05, 0) is 25.5 Å². The van der Waals surface area contributed by atoms with Crippen LogP contribution in [0.15, 0.2) is 30.6 Å². The Balaban J connectivity index is 1.80. The molecule has 6 nitrogen and oxygen atoms in total. The van der Waals surface area contributed by atoms with Gasteiger partial charge < -0.3 is 9.64 Å². The SMILES string of the molecule is CCc1cc(N2CCN(CCOC)C(C)C2)nc(-c2ccncc2)n1. The van der Waals surface area contributed by atoms with Crippen LogP contribution in [-0.4, -0.2) is 65.8 Å². The zero-order valence-corrected chi connectivity index (χ0v) is 15.4. The number of pyridine rings is 1. The third-order valence-electron chi connectivity index (χ3n) is 4.74. The van der Waals surface area contributed by atoms with Gasteiger partial charge in [0.25, 0.3) is 0 Å². The smallest absolute Gasteiger partial charge is 0.161 e. The number of rotatable bonds is 6. The molecular formula is C19H27N5O. The number of aromatic nitrogens is 3. The summed E-state index contributed by atoms with van der Waals surface area (Å²) in [6.45, 7) is 9.15. The van der Waals surface area contributed by atoms with Crippen LogP contribution in [0.4, 0.5) is 5.82 Å². The minimum absolute atomic E-state index is 0.480. The molecule has 0 radical (unpaired) electrons. The van der Waals surface area contributed by atoms with E-state index < -0.39 is 0 Å². The average Bonchev–Trinajstić information content (AvgIpc) is 2.67. The van der Waals surface area contributed by atoms with Gasteiger partial charge in [0.05, 0.1) is 6.61 Å². The number of hydrogen-bond acceptors (Lipinski definition) is 6. The molecule has 2 aromatic rings. The fraction of sp³-hybridized carbons (Fsp3) is 0.526. The summed E-state index contributed by atoms with van der Waals surface area (Å²) in [5.74, 6) is 1.81. The van der Waals surface area contributed by atoms with Crippen LogP contribution >= 0.6 is 0 Å². The van der Waals surface area contributed by atoms with E-state index in [-0.39, 0.29) is 0 Å². The van der Waals surface area contributed by atoms with Gasteiger partial charge in [0, 0.05) is 69.0 Å². The molecule has 134 valence electrons. The summed E-state index contributed by atoms with van der Waals surface area (Å²) in [5, 5.41) is 0. The van der Waals surface area contributed by atoms with E-state index in [1.165, 1.54) is 0 Å². The van der Waals surface area contributed by atoms with Gasteiger partial charge in [0.2, 0.25) is 0 Å². The van der Waals surface area contributed by atoms with E-state index in [4.69, 9.17) is 14.7 Å². The topological polar surface area (TPSA) is 54.4 Å². The molecule has 1 atom stereocenters. The molecule has 0 aliphatic carbocycles. The van der Waals surface area contributed by atoms with Gasteiger partial charge in [-0.25, -0.2) is 9.97 Å². The Morgan fingerprint density at radius 2 is 2.00 bits per heavy atom. The number of methoxy groups -OCH3 is 1. The molecule has 0 bridgehead atoms. The van der Waals surface area contributed by atoms with Gasteiger partial charge in [-0.2, -0.15) is 0 Å². The Morgan fingerprint density at radius 1 is 1.20 bits per heavy atom. The molecule has 0 spiro atoms. The number of hydrogen-bond donors (Lipinski definition) is 0. The van der Waals surface area contributed by atoms with Crippen LogP contribution in [0.5, 0.6) is 0 Å². The molecule has 1 aliphatic heterocycles. The predicted molar refractivity (Wildman–Crippen MR) is 99.8 cm³/mol. The lowest BCUT2D eigenvalue weighted by atomic mass is 10.1. The lowest BCUT2D eigenvalue weighted by Gasteiger charge is -2.40. The summed E-state index contributed by atoms with van der Waals surface area (Å²) >= 11 is 0. The first-order valence-corrected chi connectivity index (χ1v) is 8.97. The predicted octanol–water partition coefficient (Wildman–Crippen LogP) is 2.26. The van der Waals surface area contributed by atoms with E-state index in [0.717, 1.165) is 62.1 Å². The van der Waals surface area contributed by atoms with E-state index in [1.807, 2.05) is 12.1 Å². The van der Waals surface area contributed by atoms with Gasteiger partial charge in [0.1, 0.15) is 5.82 Å². The Morgan fingerprint density at radius 3 is 2.68 bits per heavy atom. The highest BCUT2D eigenvalue weighted by molar-refractivity contribution is 5.57. The van der Waals surface area contributed by atoms with Crippen LogP contribution in [-0.2, 0) is 11.2 Å². The van der Waals surface area contributed by atoms with Gasteiger partial charge >= 0.3 is 0 Å². The maximum Gasteiger partial charge on any atom is 0.161 e. The first-order chi connectivity index (χ1) is 12.2. The molecule has 0 aromatic carbocycles. The van der Waals surface area contributed by atoms with E-state index in [1.54, 1.807) is 19.5 Å². The van der Waals surface area contributed by atoms with Gasteiger partial charge in [-0.3, -0.25) is 9.88 Å². The van der Waals surface area contributed by atoms with Crippen molar-refractivity contribution in [2.24, 2.45) is 0 Å². The molecule has 1 saturated heterocycles. The number of ether oxygens (including phenoxy) is 1. The Bertz CT molecular complexity index is 679. The Hall–Kier alpha value is -2.05. The maximum atomic E-state index is 5.22. The van der Waals surface area contributed by atoms with Crippen molar-refractivity contribution in [3.8, 4) is 11.4 Å². The summed E-state index contributed by atoms with van der Waals surface area (Å²) in [4.78, 5) is 18.5. The summed E-state index contributed by atoms with van der Waals surface area (Å²) in [6.07, 6.45) is 4.47. The van der Waals surface area contributed by atoms with Crippen LogP contribution < -0.4 is 4.90 Å². The molecule has 1 fully saturated rings. The van der Waals surface area contributed by atoms with Crippen molar-refractivity contribution in [3.05, 3.63) is 36.3 Å². The van der Waals surface area contributed by atoms with Crippen LogP contribution in [0.1, 0.15) is 19.5 Å². The monoisotopic (exact) mass is 341 g/mol. The van der Waals surface area contributed by atoms with Crippen LogP contribution in [0.25, 0.3) is 11.4 Å². The fourth-order valence-electron chi connectivity index (χ4n) is 3.20. The normalized spacial score (nSPS) is 18.5. The van der Waals surface area contributed by atoms with Crippen molar-refractivity contribution < 1.29 is 4.74 Å². The van der Waals surface area contributed by atoms with Crippen molar-refractivity contribution in [2.75, 3.05) is 44.8 Å². The summed E-state index contributed by atoms with van der Waals surface area (Å²) < 4.78 is 5.22. The molecule has 6 heteroatoms. The number of anilines is 1. The minimum Gasteiger partial charge on any atom is -0.383 e. The van der Waals surface area contributed by atoms with Crippen LogP contribution in [0.3, 0.4) is 0 Å². The van der Waals surface area contributed by atoms with E-state index >= 15 is 0 Å². The largest absolute Gasteiger partial charge is 0.383 e. The standard InChI is InChI=1S/C19H27N5O/c1-4-17-13-18(22-19(21-17)16-5-7-20-8-6-16)24-10-9-23(11-12-25-3)15(2)14-24/h5-8,13,15H,4,9-12,14H2,1-3H3. The lowest BCUT2D eigenvalue weighted by molar-refractivity contribution is 0.117. The highest BCUT2D eigenvalue weighted by Crippen LogP contribution is 2.22. The van der Waals surface area contributed by atoms with E-state index in [0.29, 0.717) is 6.04 Å². The minimum atomic E-state index is 0.480. The molecular weight excluding hydrogens is 314 g/mol. The van der Waals surface area contributed by atoms with E-state index in [9.17, 15) is 0 Å². The molecule has 0 amide bonds. The number of aryl methyl sites for hydroxylation is 1. The molecule has 2 aromatic heterocycles. The fourth-order valence-corrected chi connectivity index (χ4v) is 3.20. The van der Waals surface area contributed by atoms with Gasteiger partial charge in [0.15, 0.2) is 5.82 Å². The van der Waals surface area contributed by atoms with Gasteiger partial charge in [-0.15, -0.1) is 0 Å². The maximum absolute atomic E-state index is 5.22. The van der Waals surface area contributed by atoms with E-state index in [2.05, 4.69) is 34.7 Å². The highest BCUT2D eigenvalue weighted by atomic mass is 16.5. The molecule has 0 N–H and O–H groups in total.